The Balaban J connectivity index is 1.67. The minimum Gasteiger partial charge on any atom is -0.340 e. The highest BCUT2D eigenvalue weighted by molar-refractivity contribution is 5.93. The van der Waals surface area contributed by atoms with Gasteiger partial charge in [0.25, 0.3) is 5.91 Å². The smallest absolute Gasteiger partial charge is 0.272 e. The first kappa shape index (κ1) is 15.1. The molecule has 0 fully saturated rings. The molecule has 4 rings (SSSR count). The third kappa shape index (κ3) is 3.15. The minimum atomic E-state index is -0.222. The second kappa shape index (κ2) is 6.61. The van der Waals surface area contributed by atoms with Crippen LogP contribution in [0.4, 0.5) is 0 Å². The molecule has 4 nitrogen and oxygen atoms in total. The molecular weight excluding hydrogens is 310 g/mol. The molecule has 4 aromatic rings. The van der Waals surface area contributed by atoms with Crippen molar-refractivity contribution >= 4 is 11.6 Å². The number of nitrogens with zero attached hydrogens (tertiary/aromatic N) is 2. The number of aromatic nitrogens is 2. The quantitative estimate of drug-likeness (QED) is 0.619. The van der Waals surface area contributed by atoms with Crippen molar-refractivity contribution in [3.05, 3.63) is 108 Å². The number of imidazole rings is 1. The van der Waals surface area contributed by atoms with Crippen molar-refractivity contribution < 1.29 is 4.79 Å². The molecule has 2 aromatic carbocycles. The number of hydrogen-bond donors (Lipinski definition) is 1. The second-order valence-electron chi connectivity index (χ2n) is 5.82. The SMILES string of the molecule is O=C(NC(c1ccccc1)c1ccccc1)c1cn2ccccc2n1. The van der Waals surface area contributed by atoms with Gasteiger partial charge in [0.2, 0.25) is 0 Å². The normalized spacial score (nSPS) is 10.9. The zero-order chi connectivity index (χ0) is 17.1. The molecule has 2 aromatic heterocycles. The summed E-state index contributed by atoms with van der Waals surface area (Å²) in [7, 11) is 0. The fourth-order valence-electron chi connectivity index (χ4n) is 2.90. The Kier molecular flexibility index (Phi) is 4.01. The molecule has 122 valence electrons. The van der Waals surface area contributed by atoms with Crippen molar-refractivity contribution in [1.82, 2.24) is 14.7 Å². The molecule has 0 saturated carbocycles. The number of benzene rings is 2. The molecule has 1 N–H and O–H groups in total. The van der Waals surface area contributed by atoms with Gasteiger partial charge in [-0.15, -0.1) is 0 Å². The Morgan fingerprint density at radius 2 is 1.44 bits per heavy atom. The number of amides is 1. The molecule has 0 aliphatic heterocycles. The van der Waals surface area contributed by atoms with Gasteiger partial charge in [-0.25, -0.2) is 4.98 Å². The number of nitrogens with one attached hydrogen (secondary N) is 1. The first-order valence-electron chi connectivity index (χ1n) is 8.16. The maximum atomic E-state index is 12.8. The number of rotatable bonds is 4. The summed E-state index contributed by atoms with van der Waals surface area (Å²) in [6.07, 6.45) is 3.63. The summed E-state index contributed by atoms with van der Waals surface area (Å²) in [5.41, 5.74) is 3.23. The summed E-state index contributed by atoms with van der Waals surface area (Å²) >= 11 is 0. The van der Waals surface area contributed by atoms with E-state index in [4.69, 9.17) is 0 Å². The molecule has 0 saturated heterocycles. The van der Waals surface area contributed by atoms with E-state index >= 15 is 0 Å². The van der Waals surface area contributed by atoms with Crippen LogP contribution in [0, 0.1) is 0 Å². The van der Waals surface area contributed by atoms with E-state index in [1.54, 1.807) is 6.20 Å². The largest absolute Gasteiger partial charge is 0.340 e. The average molecular weight is 327 g/mol. The highest BCUT2D eigenvalue weighted by atomic mass is 16.2. The van der Waals surface area contributed by atoms with E-state index in [2.05, 4.69) is 10.3 Å². The van der Waals surface area contributed by atoms with Gasteiger partial charge in [-0.3, -0.25) is 4.79 Å². The molecule has 1 amide bonds. The standard InChI is InChI=1S/C21H17N3O/c25-21(18-15-24-14-8-7-13-19(24)22-18)23-20(16-9-3-1-4-10-16)17-11-5-2-6-12-17/h1-15,20H,(H,23,25). The second-order valence-corrected chi connectivity index (χ2v) is 5.82. The number of fused-ring (bicyclic) bond motifs is 1. The van der Waals surface area contributed by atoms with Crippen molar-refractivity contribution in [2.75, 3.05) is 0 Å². The lowest BCUT2D eigenvalue weighted by Gasteiger charge is -2.19. The summed E-state index contributed by atoms with van der Waals surface area (Å²) in [5.74, 6) is -0.193. The van der Waals surface area contributed by atoms with Crippen molar-refractivity contribution in [3.8, 4) is 0 Å². The fourth-order valence-corrected chi connectivity index (χ4v) is 2.90. The Bertz CT molecular complexity index is 921. The minimum absolute atomic E-state index is 0.193. The van der Waals surface area contributed by atoms with Crippen LogP contribution in [0.25, 0.3) is 5.65 Å². The molecular formula is C21H17N3O. The maximum Gasteiger partial charge on any atom is 0.272 e. The van der Waals surface area contributed by atoms with Crippen molar-refractivity contribution in [2.45, 2.75) is 6.04 Å². The lowest BCUT2D eigenvalue weighted by atomic mass is 9.98. The summed E-state index contributed by atoms with van der Waals surface area (Å²) in [5, 5.41) is 3.11. The van der Waals surface area contributed by atoms with Crippen LogP contribution >= 0.6 is 0 Å². The molecule has 2 heterocycles. The summed E-state index contributed by atoms with van der Waals surface area (Å²) in [4.78, 5) is 17.2. The lowest BCUT2D eigenvalue weighted by Crippen LogP contribution is -2.29. The predicted octanol–water partition coefficient (Wildman–Crippen LogP) is 3.85. The van der Waals surface area contributed by atoms with Gasteiger partial charge in [-0.05, 0) is 23.3 Å². The predicted molar refractivity (Wildman–Crippen MR) is 97.4 cm³/mol. The number of pyridine rings is 1. The van der Waals surface area contributed by atoms with Gasteiger partial charge >= 0.3 is 0 Å². The highest BCUT2D eigenvalue weighted by Gasteiger charge is 2.19. The monoisotopic (exact) mass is 327 g/mol. The molecule has 0 aliphatic rings. The molecule has 0 spiro atoms. The topological polar surface area (TPSA) is 46.4 Å². The van der Waals surface area contributed by atoms with Gasteiger partial charge in [-0.1, -0.05) is 66.7 Å². The van der Waals surface area contributed by atoms with Crippen LogP contribution in [0.5, 0.6) is 0 Å². The van der Waals surface area contributed by atoms with Crippen LogP contribution in [0.1, 0.15) is 27.7 Å². The number of hydrogen-bond acceptors (Lipinski definition) is 2. The Morgan fingerprint density at radius 1 is 0.840 bits per heavy atom. The van der Waals surface area contributed by atoms with Crippen molar-refractivity contribution in [2.24, 2.45) is 0 Å². The van der Waals surface area contributed by atoms with Crippen LogP contribution in [0.3, 0.4) is 0 Å². The zero-order valence-corrected chi connectivity index (χ0v) is 13.5. The van der Waals surface area contributed by atoms with Gasteiger partial charge in [0.05, 0.1) is 6.04 Å². The lowest BCUT2D eigenvalue weighted by molar-refractivity contribution is 0.0938. The van der Waals surface area contributed by atoms with E-state index < -0.39 is 0 Å². The van der Waals surface area contributed by atoms with Crippen LogP contribution < -0.4 is 5.32 Å². The van der Waals surface area contributed by atoms with Crippen LogP contribution in [0.2, 0.25) is 0 Å². The Morgan fingerprint density at radius 3 is 2.04 bits per heavy atom. The van der Waals surface area contributed by atoms with E-state index in [1.807, 2.05) is 89.5 Å². The van der Waals surface area contributed by atoms with Gasteiger partial charge in [0.15, 0.2) is 0 Å². The summed E-state index contributed by atoms with van der Waals surface area (Å²) < 4.78 is 1.84. The Labute approximate surface area is 145 Å². The highest BCUT2D eigenvalue weighted by Crippen LogP contribution is 2.22. The van der Waals surface area contributed by atoms with Crippen molar-refractivity contribution in [1.29, 1.82) is 0 Å². The van der Waals surface area contributed by atoms with E-state index in [9.17, 15) is 4.79 Å². The number of carbonyl (C=O) groups excluding carboxylic acids is 1. The van der Waals surface area contributed by atoms with Crippen LogP contribution in [-0.2, 0) is 0 Å². The van der Waals surface area contributed by atoms with E-state index in [-0.39, 0.29) is 11.9 Å². The van der Waals surface area contributed by atoms with Crippen LogP contribution in [0.15, 0.2) is 91.3 Å². The Hall–Kier alpha value is -3.40. The molecule has 0 aliphatic carbocycles. The van der Waals surface area contributed by atoms with Gasteiger partial charge in [0, 0.05) is 12.4 Å². The first-order chi connectivity index (χ1) is 12.3. The van der Waals surface area contributed by atoms with Gasteiger partial charge in [0.1, 0.15) is 11.3 Å². The van der Waals surface area contributed by atoms with Crippen molar-refractivity contribution in [3.63, 3.8) is 0 Å². The molecule has 4 heteroatoms. The molecule has 25 heavy (non-hydrogen) atoms. The van der Waals surface area contributed by atoms with E-state index in [1.165, 1.54) is 0 Å². The van der Waals surface area contributed by atoms with E-state index in [0.29, 0.717) is 5.69 Å². The molecule has 0 radical (unpaired) electrons. The molecule has 0 bridgehead atoms. The van der Waals surface area contributed by atoms with E-state index in [0.717, 1.165) is 16.8 Å². The maximum absolute atomic E-state index is 12.8. The van der Waals surface area contributed by atoms with Gasteiger partial charge < -0.3 is 9.72 Å². The number of carbonyl (C=O) groups is 1. The first-order valence-corrected chi connectivity index (χ1v) is 8.16. The third-order valence-corrected chi connectivity index (χ3v) is 4.14. The summed E-state index contributed by atoms with van der Waals surface area (Å²) in [6, 6.07) is 25.4. The molecule has 0 atom stereocenters. The fraction of sp³-hybridized carbons (Fsp3) is 0.0476. The van der Waals surface area contributed by atoms with Gasteiger partial charge in [-0.2, -0.15) is 0 Å². The van der Waals surface area contributed by atoms with Crippen LogP contribution in [-0.4, -0.2) is 15.3 Å². The zero-order valence-electron chi connectivity index (χ0n) is 13.5. The summed E-state index contributed by atoms with van der Waals surface area (Å²) in [6.45, 7) is 0. The average Bonchev–Trinajstić information content (AvgIpc) is 3.12. The molecule has 0 unspecified atom stereocenters. The third-order valence-electron chi connectivity index (χ3n) is 4.14.